The number of fused-ring (bicyclic) bond motifs is 1. The van der Waals surface area contributed by atoms with Gasteiger partial charge in [0, 0.05) is 5.69 Å². The van der Waals surface area contributed by atoms with Crippen LogP contribution in [-0.2, 0) is 0 Å². The van der Waals surface area contributed by atoms with Crippen LogP contribution >= 0.6 is 11.6 Å². The molecule has 0 saturated heterocycles. The third-order valence-corrected chi connectivity index (χ3v) is 1.89. The van der Waals surface area contributed by atoms with Gasteiger partial charge in [0.15, 0.2) is 5.65 Å². The first-order valence-corrected chi connectivity index (χ1v) is 3.89. The van der Waals surface area contributed by atoms with E-state index in [4.69, 9.17) is 11.6 Å². The quantitative estimate of drug-likeness (QED) is 0.581. The van der Waals surface area contributed by atoms with Crippen molar-refractivity contribution < 1.29 is 0 Å². The fourth-order valence-electron chi connectivity index (χ4n) is 1.01. The molecule has 0 unspecified atom stereocenters. The molecule has 0 aliphatic heterocycles. The molecule has 12 heavy (non-hydrogen) atoms. The Morgan fingerprint density at radius 1 is 1.25 bits per heavy atom. The molecule has 2 rings (SSSR count). The van der Waals surface area contributed by atoms with E-state index < -0.39 is 0 Å². The zero-order valence-corrected chi connectivity index (χ0v) is 7.21. The molecule has 0 atom stereocenters. The number of aromatic nitrogens is 3. The maximum atomic E-state index is 5.82. The molecule has 0 N–H and O–H groups in total. The molecule has 2 aromatic rings. The zero-order chi connectivity index (χ0) is 8.55. The highest BCUT2D eigenvalue weighted by atomic mass is 35.5. The fourth-order valence-corrected chi connectivity index (χ4v) is 1.20. The molecule has 0 aliphatic rings. The van der Waals surface area contributed by atoms with Crippen LogP contribution in [0, 0.1) is 6.92 Å². The van der Waals surface area contributed by atoms with Crippen molar-refractivity contribution in [3.8, 4) is 0 Å². The van der Waals surface area contributed by atoms with Crippen LogP contribution in [0.5, 0.6) is 0 Å². The van der Waals surface area contributed by atoms with E-state index in [1.54, 1.807) is 0 Å². The summed E-state index contributed by atoms with van der Waals surface area (Å²) in [6.45, 7) is 1.91. The standard InChI is InChI=1S/C8H6ClN3/c1-5-2-3-6-7(9)10-4-11-8(6)12-5/h2-4H,1H3. The first kappa shape index (κ1) is 7.43. The van der Waals surface area contributed by atoms with Crippen LogP contribution in [0.4, 0.5) is 0 Å². The number of nitrogens with zero attached hydrogens (tertiary/aromatic N) is 3. The van der Waals surface area contributed by atoms with Gasteiger partial charge >= 0.3 is 0 Å². The van der Waals surface area contributed by atoms with Gasteiger partial charge < -0.3 is 0 Å². The van der Waals surface area contributed by atoms with E-state index in [1.807, 2.05) is 19.1 Å². The number of pyridine rings is 1. The Hall–Kier alpha value is -1.22. The number of rotatable bonds is 0. The lowest BCUT2D eigenvalue weighted by molar-refractivity contribution is 1.15. The molecular weight excluding hydrogens is 174 g/mol. The molecule has 0 bridgehead atoms. The average molecular weight is 180 g/mol. The van der Waals surface area contributed by atoms with Crippen LogP contribution in [0.2, 0.25) is 5.15 Å². The Labute approximate surface area is 74.4 Å². The van der Waals surface area contributed by atoms with Gasteiger partial charge in [0.05, 0.1) is 5.39 Å². The Morgan fingerprint density at radius 2 is 2.08 bits per heavy atom. The van der Waals surface area contributed by atoms with E-state index in [2.05, 4.69) is 15.0 Å². The lowest BCUT2D eigenvalue weighted by Crippen LogP contribution is -1.88. The van der Waals surface area contributed by atoms with Gasteiger partial charge in [0.1, 0.15) is 11.5 Å². The largest absolute Gasteiger partial charge is 0.233 e. The molecule has 0 aromatic carbocycles. The molecule has 0 spiro atoms. The third kappa shape index (κ3) is 1.12. The van der Waals surface area contributed by atoms with Crippen molar-refractivity contribution in [1.29, 1.82) is 0 Å². The second kappa shape index (κ2) is 2.68. The van der Waals surface area contributed by atoms with E-state index >= 15 is 0 Å². The monoisotopic (exact) mass is 179 g/mol. The minimum Gasteiger partial charge on any atom is -0.233 e. The maximum absolute atomic E-state index is 5.82. The van der Waals surface area contributed by atoms with Crippen molar-refractivity contribution in [3.63, 3.8) is 0 Å². The number of hydrogen-bond acceptors (Lipinski definition) is 3. The molecule has 3 nitrogen and oxygen atoms in total. The van der Waals surface area contributed by atoms with E-state index in [0.717, 1.165) is 11.1 Å². The summed E-state index contributed by atoms with van der Waals surface area (Å²) in [5.74, 6) is 0. The normalized spacial score (nSPS) is 10.5. The van der Waals surface area contributed by atoms with Gasteiger partial charge in [-0.15, -0.1) is 0 Å². The van der Waals surface area contributed by atoms with E-state index in [9.17, 15) is 0 Å². The maximum Gasteiger partial charge on any atom is 0.164 e. The lowest BCUT2D eigenvalue weighted by Gasteiger charge is -1.97. The van der Waals surface area contributed by atoms with Crippen LogP contribution in [0.25, 0.3) is 11.0 Å². The van der Waals surface area contributed by atoms with Crippen molar-refractivity contribution in [3.05, 3.63) is 29.3 Å². The number of hydrogen-bond donors (Lipinski definition) is 0. The van der Waals surface area contributed by atoms with Crippen molar-refractivity contribution >= 4 is 22.6 Å². The van der Waals surface area contributed by atoms with Crippen LogP contribution in [-0.4, -0.2) is 15.0 Å². The van der Waals surface area contributed by atoms with Crippen LogP contribution in [0.3, 0.4) is 0 Å². The van der Waals surface area contributed by atoms with Crippen molar-refractivity contribution in [2.24, 2.45) is 0 Å². The molecule has 60 valence electrons. The zero-order valence-electron chi connectivity index (χ0n) is 6.45. The van der Waals surface area contributed by atoms with Crippen molar-refractivity contribution in [2.45, 2.75) is 6.92 Å². The SMILES string of the molecule is Cc1ccc2c(Cl)ncnc2n1. The Bertz CT molecular complexity index is 428. The first-order chi connectivity index (χ1) is 5.77. The first-order valence-electron chi connectivity index (χ1n) is 3.51. The van der Waals surface area contributed by atoms with Crippen LogP contribution < -0.4 is 0 Å². The molecular formula is C8H6ClN3. The molecule has 2 aromatic heterocycles. The molecule has 0 amide bonds. The second-order valence-electron chi connectivity index (χ2n) is 2.49. The third-order valence-electron chi connectivity index (χ3n) is 1.59. The summed E-state index contributed by atoms with van der Waals surface area (Å²) in [7, 11) is 0. The smallest absolute Gasteiger partial charge is 0.164 e. The van der Waals surface area contributed by atoms with Crippen LogP contribution in [0.15, 0.2) is 18.5 Å². The highest BCUT2D eigenvalue weighted by Crippen LogP contribution is 2.16. The summed E-state index contributed by atoms with van der Waals surface area (Å²) in [5.41, 5.74) is 1.58. The number of aryl methyl sites for hydroxylation is 1. The Balaban J connectivity index is 2.86. The van der Waals surface area contributed by atoms with Gasteiger partial charge in [-0.25, -0.2) is 15.0 Å². The van der Waals surface area contributed by atoms with Gasteiger partial charge in [-0.3, -0.25) is 0 Å². The van der Waals surface area contributed by atoms with E-state index in [-0.39, 0.29) is 0 Å². The van der Waals surface area contributed by atoms with Crippen LogP contribution in [0.1, 0.15) is 5.69 Å². The van der Waals surface area contributed by atoms with E-state index in [1.165, 1.54) is 6.33 Å². The lowest BCUT2D eigenvalue weighted by atomic mass is 10.3. The average Bonchev–Trinajstić information content (AvgIpc) is 2.04. The summed E-state index contributed by atoms with van der Waals surface area (Å²) in [4.78, 5) is 12.0. The molecule has 0 fully saturated rings. The highest BCUT2D eigenvalue weighted by Gasteiger charge is 2.00. The summed E-state index contributed by atoms with van der Waals surface area (Å²) < 4.78 is 0. The summed E-state index contributed by atoms with van der Waals surface area (Å²) in [6.07, 6.45) is 1.41. The predicted octanol–water partition coefficient (Wildman–Crippen LogP) is 1.99. The summed E-state index contributed by atoms with van der Waals surface area (Å²) in [5, 5.41) is 1.25. The van der Waals surface area contributed by atoms with Crippen molar-refractivity contribution in [2.75, 3.05) is 0 Å². The van der Waals surface area contributed by atoms with Gasteiger partial charge in [-0.05, 0) is 19.1 Å². The van der Waals surface area contributed by atoms with Gasteiger partial charge in [0.2, 0.25) is 0 Å². The van der Waals surface area contributed by atoms with Gasteiger partial charge in [-0.2, -0.15) is 0 Å². The fraction of sp³-hybridized carbons (Fsp3) is 0.125. The molecule has 2 heterocycles. The second-order valence-corrected chi connectivity index (χ2v) is 2.85. The molecule has 0 radical (unpaired) electrons. The minimum absolute atomic E-state index is 0.451. The summed E-state index contributed by atoms with van der Waals surface area (Å²) in [6, 6.07) is 3.76. The molecule has 0 saturated carbocycles. The summed E-state index contributed by atoms with van der Waals surface area (Å²) >= 11 is 5.82. The Kier molecular flexibility index (Phi) is 1.66. The predicted molar refractivity (Wildman–Crippen MR) is 47.1 cm³/mol. The number of halogens is 1. The van der Waals surface area contributed by atoms with E-state index in [0.29, 0.717) is 10.8 Å². The van der Waals surface area contributed by atoms with Crippen molar-refractivity contribution in [1.82, 2.24) is 15.0 Å². The molecule has 0 aliphatic carbocycles. The van der Waals surface area contributed by atoms with Gasteiger partial charge in [-0.1, -0.05) is 11.6 Å². The topological polar surface area (TPSA) is 38.7 Å². The highest BCUT2D eigenvalue weighted by molar-refractivity contribution is 6.33. The Morgan fingerprint density at radius 3 is 2.92 bits per heavy atom. The molecule has 4 heteroatoms. The van der Waals surface area contributed by atoms with Gasteiger partial charge in [0.25, 0.3) is 0 Å². The minimum atomic E-state index is 0.451.